The number of phosphoric acid groups is 1. The second-order valence-electron chi connectivity index (χ2n) is 6.71. The highest BCUT2D eigenvalue weighted by atomic mass is 31.2. The van der Waals surface area contributed by atoms with Gasteiger partial charge in [0.1, 0.15) is 17.7 Å². The SMILES string of the molecule is COC1C(OP(=O)(O)OC(C)C)[C@@H](/N=C(\C)P(=O)(O)OC)O[C@H]1n1ccc(=O)[nH]c1=O. The lowest BCUT2D eigenvalue weighted by atomic mass is 10.2. The molecule has 1 aliphatic rings. The first kappa shape index (κ1) is 25.8. The fraction of sp³-hybridized carbons (Fsp3) is 0.667. The minimum absolute atomic E-state index is 0.379. The number of phosphoric ester groups is 1. The predicted molar refractivity (Wildman–Crippen MR) is 107 cm³/mol. The van der Waals surface area contributed by atoms with E-state index in [1.54, 1.807) is 0 Å². The summed E-state index contributed by atoms with van der Waals surface area (Å²) in [6.45, 7) is 4.21. The van der Waals surface area contributed by atoms with Crippen LogP contribution in [-0.4, -0.2) is 63.6 Å². The molecule has 0 bridgehead atoms. The topological polar surface area (TPSA) is 188 Å². The number of rotatable bonds is 9. The van der Waals surface area contributed by atoms with Crippen LogP contribution in [0.25, 0.3) is 0 Å². The van der Waals surface area contributed by atoms with Gasteiger partial charge in [0.25, 0.3) is 5.56 Å². The molecule has 2 heterocycles. The van der Waals surface area contributed by atoms with Crippen molar-refractivity contribution in [3.63, 3.8) is 0 Å². The minimum Gasteiger partial charge on any atom is -0.374 e. The van der Waals surface area contributed by atoms with E-state index in [1.165, 1.54) is 27.9 Å². The molecule has 1 aliphatic heterocycles. The largest absolute Gasteiger partial charge is 0.472 e. The zero-order valence-electron chi connectivity index (χ0n) is 17.4. The number of aromatic nitrogens is 2. The van der Waals surface area contributed by atoms with Crippen LogP contribution in [0.2, 0.25) is 0 Å². The van der Waals surface area contributed by atoms with Crippen LogP contribution in [-0.2, 0) is 32.2 Å². The molecule has 31 heavy (non-hydrogen) atoms. The van der Waals surface area contributed by atoms with Crippen LogP contribution in [0.4, 0.5) is 0 Å². The number of aromatic amines is 1. The van der Waals surface area contributed by atoms with E-state index in [-0.39, 0.29) is 5.45 Å². The van der Waals surface area contributed by atoms with E-state index in [2.05, 4.69) is 9.52 Å². The first-order valence-electron chi connectivity index (χ1n) is 8.94. The smallest absolute Gasteiger partial charge is 0.374 e. The molecule has 1 aromatic rings. The van der Waals surface area contributed by atoms with Crippen LogP contribution < -0.4 is 11.2 Å². The predicted octanol–water partition coefficient (Wildman–Crippen LogP) is 0.567. The lowest BCUT2D eigenvalue weighted by Crippen LogP contribution is -2.39. The van der Waals surface area contributed by atoms with Gasteiger partial charge in [0, 0.05) is 26.5 Å². The molecule has 2 rings (SSSR count). The first-order valence-corrected chi connectivity index (χ1v) is 12.0. The first-order chi connectivity index (χ1) is 14.3. The van der Waals surface area contributed by atoms with Crippen LogP contribution in [0.5, 0.6) is 0 Å². The van der Waals surface area contributed by atoms with Crippen LogP contribution in [0, 0.1) is 0 Å². The Bertz CT molecular complexity index is 1020. The maximum atomic E-state index is 12.4. The van der Waals surface area contributed by atoms with Crippen molar-refractivity contribution in [2.75, 3.05) is 14.2 Å². The summed E-state index contributed by atoms with van der Waals surface area (Å²) in [5, 5.41) is 0. The molecule has 0 saturated carbocycles. The van der Waals surface area contributed by atoms with Crippen molar-refractivity contribution >= 4 is 20.9 Å². The van der Waals surface area contributed by atoms with Crippen molar-refractivity contribution in [1.82, 2.24) is 9.55 Å². The molecular weight excluding hydrogens is 460 g/mol. The third-order valence-corrected chi connectivity index (χ3v) is 6.76. The molecule has 3 N–H and O–H groups in total. The Balaban J connectivity index is 2.52. The van der Waals surface area contributed by atoms with Crippen LogP contribution in [0.15, 0.2) is 26.8 Å². The van der Waals surface area contributed by atoms with E-state index in [0.717, 1.165) is 23.9 Å². The quantitative estimate of drug-likeness (QED) is 0.328. The number of aliphatic imine (C=N–C) groups is 1. The average molecular weight is 485 g/mol. The summed E-state index contributed by atoms with van der Waals surface area (Å²) in [6, 6.07) is 1.06. The van der Waals surface area contributed by atoms with Crippen molar-refractivity contribution in [2.24, 2.45) is 4.99 Å². The van der Waals surface area contributed by atoms with Gasteiger partial charge in [-0.1, -0.05) is 0 Å². The molecular formula is C15H25N3O11P2. The third-order valence-electron chi connectivity index (χ3n) is 4.13. The molecule has 0 aliphatic carbocycles. The molecule has 0 amide bonds. The van der Waals surface area contributed by atoms with Gasteiger partial charge in [0.15, 0.2) is 12.5 Å². The van der Waals surface area contributed by atoms with Gasteiger partial charge in [-0.2, -0.15) is 0 Å². The Labute approximate surface area is 176 Å². The molecule has 1 fully saturated rings. The van der Waals surface area contributed by atoms with Gasteiger partial charge in [0.05, 0.1) is 6.10 Å². The third kappa shape index (κ3) is 6.28. The summed E-state index contributed by atoms with van der Waals surface area (Å²) in [7, 11) is -6.68. The fourth-order valence-corrected chi connectivity index (χ4v) is 4.41. The fourth-order valence-electron chi connectivity index (χ4n) is 2.77. The van der Waals surface area contributed by atoms with Crippen LogP contribution in [0.1, 0.15) is 27.0 Å². The Morgan fingerprint density at radius 1 is 1.26 bits per heavy atom. The molecule has 16 heteroatoms. The number of methoxy groups -OCH3 is 1. The van der Waals surface area contributed by atoms with Crippen LogP contribution in [0.3, 0.4) is 0 Å². The average Bonchev–Trinajstić information content (AvgIpc) is 2.96. The second kappa shape index (κ2) is 9.99. The van der Waals surface area contributed by atoms with Gasteiger partial charge in [0.2, 0.25) is 0 Å². The summed E-state index contributed by atoms with van der Waals surface area (Å²) in [6.07, 6.45) is -4.95. The molecule has 0 spiro atoms. The highest BCUT2D eigenvalue weighted by molar-refractivity contribution is 7.71. The summed E-state index contributed by atoms with van der Waals surface area (Å²) in [5.41, 5.74) is -1.89. The maximum absolute atomic E-state index is 12.4. The van der Waals surface area contributed by atoms with Gasteiger partial charge in [-0.05, 0) is 20.8 Å². The van der Waals surface area contributed by atoms with Crippen LogP contribution >= 0.6 is 15.4 Å². The maximum Gasteiger partial charge on any atom is 0.472 e. The van der Waals surface area contributed by atoms with E-state index in [4.69, 9.17) is 18.5 Å². The molecule has 0 radical (unpaired) electrons. The lowest BCUT2D eigenvalue weighted by molar-refractivity contribution is -0.0528. The molecule has 6 atom stereocenters. The van der Waals surface area contributed by atoms with Gasteiger partial charge >= 0.3 is 21.1 Å². The molecule has 0 aromatic carbocycles. The Morgan fingerprint density at radius 3 is 2.42 bits per heavy atom. The van der Waals surface area contributed by atoms with E-state index >= 15 is 0 Å². The lowest BCUT2D eigenvalue weighted by Gasteiger charge is -2.25. The van der Waals surface area contributed by atoms with E-state index in [1.807, 2.05) is 4.98 Å². The zero-order chi connectivity index (χ0) is 23.6. The monoisotopic (exact) mass is 485 g/mol. The second-order valence-corrected chi connectivity index (χ2v) is 10.1. The number of hydrogen-bond acceptors (Lipinski definition) is 10. The van der Waals surface area contributed by atoms with Gasteiger partial charge < -0.3 is 23.8 Å². The molecule has 1 aromatic heterocycles. The van der Waals surface area contributed by atoms with Crippen molar-refractivity contribution < 1.29 is 42.0 Å². The summed E-state index contributed by atoms with van der Waals surface area (Å²) < 4.78 is 51.0. The van der Waals surface area contributed by atoms with E-state index in [9.17, 15) is 28.5 Å². The molecule has 1 saturated heterocycles. The molecule has 176 valence electrons. The van der Waals surface area contributed by atoms with Gasteiger partial charge in [-0.15, -0.1) is 0 Å². The Kier molecular flexibility index (Phi) is 8.31. The standard InChI is InChI=1S/C15H25N3O11P2/c1-8(2)28-31(23,24)29-11-12(25-4)14(18-7-6-10(19)17-15(18)20)27-13(11)16-9(3)30(21,22)26-5/h6-8,11-14H,1-5H3,(H,21,22)(H,23,24)(H,17,19,20)/b16-9+/t11?,12?,13-,14+/m0/s1. The zero-order valence-corrected chi connectivity index (χ0v) is 19.2. The van der Waals surface area contributed by atoms with Crippen molar-refractivity contribution in [3.8, 4) is 0 Å². The van der Waals surface area contributed by atoms with Crippen molar-refractivity contribution in [1.29, 1.82) is 0 Å². The minimum atomic E-state index is -4.65. The number of hydrogen-bond donors (Lipinski definition) is 3. The number of ether oxygens (including phenoxy) is 2. The Morgan fingerprint density at radius 2 is 1.90 bits per heavy atom. The number of nitrogens with one attached hydrogen (secondary N) is 1. The van der Waals surface area contributed by atoms with Gasteiger partial charge in [-0.3, -0.25) is 28.0 Å². The molecule has 4 unspecified atom stereocenters. The normalized spacial score (nSPS) is 28.5. The van der Waals surface area contributed by atoms with E-state index in [0.29, 0.717) is 0 Å². The number of nitrogens with zero attached hydrogens (tertiary/aromatic N) is 2. The van der Waals surface area contributed by atoms with Crippen molar-refractivity contribution in [2.45, 2.75) is 51.5 Å². The Hall–Kier alpha value is -1.47. The highest BCUT2D eigenvalue weighted by Crippen LogP contribution is 2.50. The summed E-state index contributed by atoms with van der Waals surface area (Å²) in [5.74, 6) is 0. The summed E-state index contributed by atoms with van der Waals surface area (Å²) in [4.78, 5) is 49.5. The van der Waals surface area contributed by atoms with Crippen molar-refractivity contribution in [3.05, 3.63) is 33.1 Å². The summed E-state index contributed by atoms with van der Waals surface area (Å²) >= 11 is 0. The highest BCUT2D eigenvalue weighted by Gasteiger charge is 2.51. The van der Waals surface area contributed by atoms with E-state index < -0.39 is 57.4 Å². The number of H-pyrrole nitrogens is 1. The van der Waals surface area contributed by atoms with Gasteiger partial charge in [-0.25, -0.2) is 14.4 Å². The molecule has 14 nitrogen and oxygen atoms in total.